The van der Waals surface area contributed by atoms with Crippen LogP contribution >= 0.6 is 11.6 Å². The summed E-state index contributed by atoms with van der Waals surface area (Å²) in [5.74, 6) is 0.738. The lowest BCUT2D eigenvalue weighted by Crippen LogP contribution is -2.14. The van der Waals surface area contributed by atoms with E-state index in [4.69, 9.17) is 22.1 Å². The standard InChI is InChI=1S/C16H18ClNO/c1-10-4-6-13(11(2)8-10)16(18)14-7-5-12(19-3)9-15(14)17/h4-9,16H,18H2,1-3H3. The second-order valence-corrected chi connectivity index (χ2v) is 5.13. The molecule has 0 aliphatic rings. The predicted octanol–water partition coefficient (Wildman–Crippen LogP) is 4.01. The molecule has 19 heavy (non-hydrogen) atoms. The Morgan fingerprint density at radius 3 is 2.32 bits per heavy atom. The molecule has 2 rings (SSSR count). The van der Waals surface area contributed by atoms with Gasteiger partial charge >= 0.3 is 0 Å². The van der Waals surface area contributed by atoms with Gasteiger partial charge in [0.25, 0.3) is 0 Å². The highest BCUT2D eigenvalue weighted by molar-refractivity contribution is 6.31. The van der Waals surface area contributed by atoms with Crippen LogP contribution in [0.15, 0.2) is 36.4 Å². The Bertz CT molecular complexity index is 595. The van der Waals surface area contributed by atoms with Crippen molar-refractivity contribution in [2.75, 3.05) is 7.11 Å². The normalized spacial score (nSPS) is 12.3. The number of hydrogen-bond acceptors (Lipinski definition) is 2. The minimum atomic E-state index is -0.223. The molecule has 0 saturated heterocycles. The summed E-state index contributed by atoms with van der Waals surface area (Å²) >= 11 is 6.28. The van der Waals surface area contributed by atoms with Crippen molar-refractivity contribution in [3.05, 3.63) is 63.7 Å². The molecule has 0 fully saturated rings. The molecule has 1 unspecified atom stereocenters. The highest BCUT2D eigenvalue weighted by atomic mass is 35.5. The van der Waals surface area contributed by atoms with Gasteiger partial charge in [-0.25, -0.2) is 0 Å². The predicted molar refractivity (Wildman–Crippen MR) is 80.0 cm³/mol. The lowest BCUT2D eigenvalue weighted by atomic mass is 9.94. The number of hydrogen-bond donors (Lipinski definition) is 1. The second kappa shape index (κ2) is 5.64. The number of ether oxygens (including phenoxy) is 1. The summed E-state index contributed by atoms with van der Waals surface area (Å²) in [4.78, 5) is 0. The Morgan fingerprint density at radius 2 is 1.74 bits per heavy atom. The van der Waals surface area contributed by atoms with E-state index in [0.717, 1.165) is 16.9 Å². The fourth-order valence-corrected chi connectivity index (χ4v) is 2.52. The average molecular weight is 276 g/mol. The van der Waals surface area contributed by atoms with Crippen molar-refractivity contribution in [2.45, 2.75) is 19.9 Å². The first-order valence-electron chi connectivity index (χ1n) is 6.19. The van der Waals surface area contributed by atoms with Gasteiger partial charge in [-0.2, -0.15) is 0 Å². The molecule has 0 bridgehead atoms. The summed E-state index contributed by atoms with van der Waals surface area (Å²) in [5, 5.41) is 0.631. The third-order valence-corrected chi connectivity index (χ3v) is 3.63. The molecule has 2 N–H and O–H groups in total. The first kappa shape index (κ1) is 13.9. The molecule has 2 aromatic carbocycles. The van der Waals surface area contributed by atoms with E-state index in [-0.39, 0.29) is 6.04 Å². The molecule has 0 spiro atoms. The van der Waals surface area contributed by atoms with Crippen LogP contribution in [0.3, 0.4) is 0 Å². The van der Waals surface area contributed by atoms with Gasteiger partial charge in [0.1, 0.15) is 5.75 Å². The van der Waals surface area contributed by atoms with Crippen LogP contribution in [0.25, 0.3) is 0 Å². The fourth-order valence-electron chi connectivity index (χ4n) is 2.23. The average Bonchev–Trinajstić information content (AvgIpc) is 2.37. The molecule has 0 aliphatic carbocycles. The largest absolute Gasteiger partial charge is 0.497 e. The second-order valence-electron chi connectivity index (χ2n) is 4.73. The Morgan fingerprint density at radius 1 is 1.05 bits per heavy atom. The Labute approximate surface area is 119 Å². The van der Waals surface area contributed by atoms with Crippen molar-refractivity contribution in [3.8, 4) is 5.75 Å². The fraction of sp³-hybridized carbons (Fsp3) is 0.250. The van der Waals surface area contributed by atoms with Crippen LogP contribution in [0, 0.1) is 13.8 Å². The molecule has 3 heteroatoms. The Kier molecular flexibility index (Phi) is 4.13. The van der Waals surface area contributed by atoms with Crippen LogP contribution in [0.1, 0.15) is 28.3 Å². The summed E-state index contributed by atoms with van der Waals surface area (Å²) in [5.41, 5.74) is 10.8. The lowest BCUT2D eigenvalue weighted by Gasteiger charge is -2.17. The third-order valence-electron chi connectivity index (χ3n) is 3.30. The molecule has 0 saturated carbocycles. The number of benzene rings is 2. The molecular formula is C16H18ClNO. The maximum Gasteiger partial charge on any atom is 0.120 e. The van der Waals surface area contributed by atoms with Gasteiger partial charge in [0, 0.05) is 5.02 Å². The van der Waals surface area contributed by atoms with Crippen molar-refractivity contribution in [2.24, 2.45) is 5.73 Å². The first-order valence-corrected chi connectivity index (χ1v) is 6.57. The highest BCUT2D eigenvalue weighted by Crippen LogP contribution is 2.31. The summed E-state index contributed by atoms with van der Waals surface area (Å²) in [6, 6.07) is 11.6. The quantitative estimate of drug-likeness (QED) is 0.918. The van der Waals surface area contributed by atoms with Gasteiger partial charge in [0.2, 0.25) is 0 Å². The number of nitrogens with two attached hydrogens (primary N) is 1. The van der Waals surface area contributed by atoms with Crippen LogP contribution in [0.2, 0.25) is 5.02 Å². The molecule has 2 aromatic rings. The highest BCUT2D eigenvalue weighted by Gasteiger charge is 2.15. The van der Waals surface area contributed by atoms with E-state index in [1.807, 2.05) is 12.1 Å². The van der Waals surface area contributed by atoms with E-state index in [1.54, 1.807) is 13.2 Å². The number of aryl methyl sites for hydroxylation is 2. The molecule has 100 valence electrons. The van der Waals surface area contributed by atoms with Gasteiger partial charge in [0.15, 0.2) is 0 Å². The molecule has 0 amide bonds. The SMILES string of the molecule is COc1ccc(C(N)c2ccc(C)cc2C)c(Cl)c1. The minimum absolute atomic E-state index is 0.223. The lowest BCUT2D eigenvalue weighted by molar-refractivity contribution is 0.414. The first-order chi connectivity index (χ1) is 9.02. The van der Waals surface area contributed by atoms with E-state index in [0.29, 0.717) is 5.02 Å². The van der Waals surface area contributed by atoms with E-state index in [2.05, 4.69) is 32.0 Å². The summed E-state index contributed by atoms with van der Waals surface area (Å²) in [6.07, 6.45) is 0. The number of methoxy groups -OCH3 is 1. The van der Waals surface area contributed by atoms with Crippen molar-refractivity contribution >= 4 is 11.6 Å². The zero-order valence-corrected chi connectivity index (χ0v) is 12.2. The van der Waals surface area contributed by atoms with Crippen LogP contribution in [-0.4, -0.2) is 7.11 Å². The molecule has 0 heterocycles. The smallest absolute Gasteiger partial charge is 0.120 e. The van der Waals surface area contributed by atoms with Gasteiger partial charge in [-0.15, -0.1) is 0 Å². The molecule has 2 nitrogen and oxygen atoms in total. The van der Waals surface area contributed by atoms with Gasteiger partial charge in [-0.05, 0) is 42.7 Å². The number of halogens is 1. The summed E-state index contributed by atoms with van der Waals surface area (Å²) in [6.45, 7) is 4.14. The monoisotopic (exact) mass is 275 g/mol. The molecule has 1 atom stereocenters. The van der Waals surface area contributed by atoms with Gasteiger partial charge in [0.05, 0.1) is 13.2 Å². The molecule has 0 radical (unpaired) electrons. The van der Waals surface area contributed by atoms with Crippen molar-refractivity contribution < 1.29 is 4.74 Å². The van der Waals surface area contributed by atoms with Crippen molar-refractivity contribution in [1.29, 1.82) is 0 Å². The van der Waals surface area contributed by atoms with Crippen LogP contribution in [0.5, 0.6) is 5.75 Å². The Balaban J connectivity index is 2.41. The van der Waals surface area contributed by atoms with Gasteiger partial charge in [-0.3, -0.25) is 0 Å². The summed E-state index contributed by atoms with van der Waals surface area (Å²) < 4.78 is 5.15. The maximum absolute atomic E-state index is 6.33. The summed E-state index contributed by atoms with van der Waals surface area (Å²) in [7, 11) is 1.62. The van der Waals surface area contributed by atoms with Crippen LogP contribution in [0.4, 0.5) is 0 Å². The van der Waals surface area contributed by atoms with Crippen LogP contribution < -0.4 is 10.5 Å². The molecule has 0 aromatic heterocycles. The molecule has 0 aliphatic heterocycles. The topological polar surface area (TPSA) is 35.2 Å². The van der Waals surface area contributed by atoms with E-state index in [1.165, 1.54) is 11.1 Å². The molecular weight excluding hydrogens is 258 g/mol. The van der Waals surface area contributed by atoms with E-state index in [9.17, 15) is 0 Å². The zero-order valence-electron chi connectivity index (χ0n) is 11.4. The van der Waals surface area contributed by atoms with Crippen LogP contribution in [-0.2, 0) is 0 Å². The van der Waals surface area contributed by atoms with Crippen molar-refractivity contribution in [1.82, 2.24) is 0 Å². The third kappa shape index (κ3) is 2.91. The number of rotatable bonds is 3. The van der Waals surface area contributed by atoms with E-state index >= 15 is 0 Å². The maximum atomic E-state index is 6.33. The van der Waals surface area contributed by atoms with Gasteiger partial charge in [-0.1, -0.05) is 41.4 Å². The van der Waals surface area contributed by atoms with Gasteiger partial charge < -0.3 is 10.5 Å². The zero-order chi connectivity index (χ0) is 14.0. The minimum Gasteiger partial charge on any atom is -0.497 e. The van der Waals surface area contributed by atoms with E-state index < -0.39 is 0 Å². The Hall–Kier alpha value is -1.51. The van der Waals surface area contributed by atoms with Crippen molar-refractivity contribution in [3.63, 3.8) is 0 Å².